The molecule has 2 rings (SSSR count). The van der Waals surface area contributed by atoms with Crippen LogP contribution in [-0.2, 0) is 11.3 Å². The fourth-order valence-corrected chi connectivity index (χ4v) is 1.75. The van der Waals surface area contributed by atoms with Crippen molar-refractivity contribution in [3.05, 3.63) is 34.6 Å². The van der Waals surface area contributed by atoms with E-state index in [-0.39, 0.29) is 16.9 Å². The predicted molar refractivity (Wildman–Crippen MR) is 52.6 cm³/mol. The topological polar surface area (TPSA) is 21.3 Å². The Morgan fingerprint density at radius 2 is 2.43 bits per heavy atom. The van der Waals surface area contributed by atoms with Crippen LogP contribution in [0.4, 0.5) is 4.39 Å². The molecule has 1 atom stereocenters. The van der Waals surface area contributed by atoms with Crippen molar-refractivity contribution in [2.24, 2.45) is 0 Å². The van der Waals surface area contributed by atoms with Crippen molar-refractivity contribution >= 4 is 11.6 Å². The van der Waals surface area contributed by atoms with Gasteiger partial charge in [0.1, 0.15) is 5.82 Å². The highest BCUT2D eigenvalue weighted by atomic mass is 35.5. The molecule has 76 valence electrons. The zero-order chi connectivity index (χ0) is 9.97. The van der Waals surface area contributed by atoms with E-state index in [9.17, 15) is 4.39 Å². The standard InChI is InChI=1S/C10H11ClFNO/c11-9-3-1-2-7(10(9)12)6-8-4-5-14-13-8/h1-3,8,13H,4-6H2. The summed E-state index contributed by atoms with van der Waals surface area (Å²) in [6.45, 7) is 0.687. The molecule has 0 bridgehead atoms. The third-order valence-electron chi connectivity index (χ3n) is 2.32. The van der Waals surface area contributed by atoms with Crippen molar-refractivity contribution in [1.29, 1.82) is 0 Å². The van der Waals surface area contributed by atoms with E-state index in [1.165, 1.54) is 0 Å². The molecule has 2 nitrogen and oxygen atoms in total. The second-order valence-corrected chi connectivity index (χ2v) is 3.78. The fraction of sp³-hybridized carbons (Fsp3) is 0.400. The Hall–Kier alpha value is -0.640. The van der Waals surface area contributed by atoms with E-state index in [1.54, 1.807) is 18.2 Å². The van der Waals surface area contributed by atoms with Crippen LogP contribution in [0.15, 0.2) is 18.2 Å². The molecule has 0 saturated carbocycles. The van der Waals surface area contributed by atoms with E-state index in [4.69, 9.17) is 16.4 Å². The molecule has 1 aliphatic heterocycles. The number of halogens is 2. The molecule has 0 radical (unpaired) electrons. The molecule has 1 aliphatic rings. The molecule has 1 fully saturated rings. The predicted octanol–water partition coefficient (Wildman–Crippen LogP) is 2.32. The van der Waals surface area contributed by atoms with Gasteiger partial charge in [-0.3, -0.25) is 0 Å². The number of hydroxylamine groups is 1. The maximum absolute atomic E-state index is 13.5. The van der Waals surface area contributed by atoms with E-state index >= 15 is 0 Å². The largest absolute Gasteiger partial charge is 0.301 e. The van der Waals surface area contributed by atoms with E-state index < -0.39 is 0 Å². The molecular weight excluding hydrogens is 205 g/mol. The van der Waals surface area contributed by atoms with Gasteiger partial charge in [0.15, 0.2) is 0 Å². The Kier molecular flexibility index (Phi) is 3.01. The van der Waals surface area contributed by atoms with Crippen LogP contribution in [0.2, 0.25) is 5.02 Å². The van der Waals surface area contributed by atoms with Crippen LogP contribution < -0.4 is 5.48 Å². The minimum Gasteiger partial charge on any atom is -0.301 e. The smallest absolute Gasteiger partial charge is 0.145 e. The van der Waals surface area contributed by atoms with Crippen LogP contribution in [0.1, 0.15) is 12.0 Å². The zero-order valence-electron chi connectivity index (χ0n) is 7.59. The molecule has 1 heterocycles. The minimum atomic E-state index is -0.317. The van der Waals surface area contributed by atoms with Crippen molar-refractivity contribution in [2.75, 3.05) is 6.61 Å². The van der Waals surface area contributed by atoms with E-state index in [2.05, 4.69) is 5.48 Å². The molecule has 0 aromatic heterocycles. The first kappa shape index (κ1) is 9.90. The van der Waals surface area contributed by atoms with Crippen LogP contribution in [-0.4, -0.2) is 12.6 Å². The maximum atomic E-state index is 13.5. The van der Waals surface area contributed by atoms with Gasteiger partial charge in [0.2, 0.25) is 0 Å². The van der Waals surface area contributed by atoms with Gasteiger partial charge in [0.25, 0.3) is 0 Å². The van der Waals surface area contributed by atoms with Gasteiger partial charge in [-0.1, -0.05) is 23.7 Å². The molecule has 1 saturated heterocycles. The van der Waals surface area contributed by atoms with Gasteiger partial charge in [0.05, 0.1) is 11.6 Å². The Morgan fingerprint density at radius 3 is 3.14 bits per heavy atom. The van der Waals surface area contributed by atoms with Crippen molar-refractivity contribution in [3.8, 4) is 0 Å². The molecule has 1 aromatic carbocycles. The van der Waals surface area contributed by atoms with E-state index in [0.29, 0.717) is 18.6 Å². The summed E-state index contributed by atoms with van der Waals surface area (Å²) >= 11 is 5.67. The fourth-order valence-electron chi connectivity index (χ4n) is 1.55. The van der Waals surface area contributed by atoms with Crippen LogP contribution >= 0.6 is 11.6 Å². The number of hydrogen-bond acceptors (Lipinski definition) is 2. The lowest BCUT2D eigenvalue weighted by atomic mass is 10.0. The van der Waals surface area contributed by atoms with Gasteiger partial charge < -0.3 is 4.84 Å². The van der Waals surface area contributed by atoms with E-state index in [1.807, 2.05) is 0 Å². The molecule has 1 aromatic rings. The van der Waals surface area contributed by atoms with Gasteiger partial charge >= 0.3 is 0 Å². The zero-order valence-corrected chi connectivity index (χ0v) is 8.35. The first-order valence-corrected chi connectivity index (χ1v) is 4.95. The molecule has 0 amide bonds. The molecule has 4 heteroatoms. The maximum Gasteiger partial charge on any atom is 0.145 e. The average Bonchev–Trinajstić information content (AvgIpc) is 2.66. The summed E-state index contributed by atoms with van der Waals surface area (Å²) in [5.74, 6) is -0.317. The lowest BCUT2D eigenvalue weighted by Gasteiger charge is -2.09. The molecule has 1 unspecified atom stereocenters. The number of rotatable bonds is 2. The molecule has 0 aliphatic carbocycles. The summed E-state index contributed by atoms with van der Waals surface area (Å²) in [5.41, 5.74) is 3.48. The number of benzene rings is 1. The van der Waals surface area contributed by atoms with Crippen LogP contribution in [0, 0.1) is 5.82 Å². The highest BCUT2D eigenvalue weighted by molar-refractivity contribution is 6.30. The van der Waals surface area contributed by atoms with Gasteiger partial charge in [-0.05, 0) is 24.5 Å². The van der Waals surface area contributed by atoms with Crippen molar-refractivity contribution in [1.82, 2.24) is 5.48 Å². The van der Waals surface area contributed by atoms with Gasteiger partial charge in [-0.15, -0.1) is 0 Å². The van der Waals surface area contributed by atoms with Crippen LogP contribution in [0.5, 0.6) is 0 Å². The SMILES string of the molecule is Fc1c(Cl)cccc1CC1CCON1. The Morgan fingerprint density at radius 1 is 1.57 bits per heavy atom. The third kappa shape index (κ3) is 2.05. The number of hydrogen-bond donors (Lipinski definition) is 1. The van der Waals surface area contributed by atoms with Crippen LogP contribution in [0.3, 0.4) is 0 Å². The van der Waals surface area contributed by atoms with E-state index in [0.717, 1.165) is 6.42 Å². The first-order chi connectivity index (χ1) is 6.77. The Labute approximate surface area is 87.0 Å². The average molecular weight is 216 g/mol. The summed E-state index contributed by atoms with van der Waals surface area (Å²) in [4.78, 5) is 4.99. The monoisotopic (exact) mass is 215 g/mol. The summed E-state index contributed by atoms with van der Waals surface area (Å²) in [6, 6.07) is 5.26. The Bertz CT molecular complexity index is 326. The molecule has 1 N–H and O–H groups in total. The molecule has 14 heavy (non-hydrogen) atoms. The van der Waals surface area contributed by atoms with Gasteiger partial charge in [-0.25, -0.2) is 4.39 Å². The number of nitrogens with one attached hydrogen (secondary N) is 1. The van der Waals surface area contributed by atoms with Crippen LogP contribution in [0.25, 0.3) is 0 Å². The van der Waals surface area contributed by atoms with Gasteiger partial charge in [-0.2, -0.15) is 5.48 Å². The van der Waals surface area contributed by atoms with Crippen molar-refractivity contribution in [3.63, 3.8) is 0 Å². The lowest BCUT2D eigenvalue weighted by Crippen LogP contribution is -2.23. The minimum absolute atomic E-state index is 0.182. The summed E-state index contributed by atoms with van der Waals surface area (Å²) in [6.07, 6.45) is 1.53. The summed E-state index contributed by atoms with van der Waals surface area (Å²) in [7, 11) is 0. The van der Waals surface area contributed by atoms with Crippen molar-refractivity contribution < 1.29 is 9.23 Å². The summed E-state index contributed by atoms with van der Waals surface area (Å²) < 4.78 is 13.5. The summed E-state index contributed by atoms with van der Waals surface area (Å²) in [5, 5.41) is 0.182. The lowest BCUT2D eigenvalue weighted by molar-refractivity contribution is 0.0881. The first-order valence-electron chi connectivity index (χ1n) is 4.57. The highest BCUT2D eigenvalue weighted by Gasteiger charge is 2.17. The third-order valence-corrected chi connectivity index (χ3v) is 2.61. The van der Waals surface area contributed by atoms with Crippen molar-refractivity contribution in [2.45, 2.75) is 18.9 Å². The Balaban J connectivity index is 2.11. The molecular formula is C10H11ClFNO. The second kappa shape index (κ2) is 4.26. The quantitative estimate of drug-likeness (QED) is 0.818. The second-order valence-electron chi connectivity index (χ2n) is 3.37. The molecule has 0 spiro atoms. The highest BCUT2D eigenvalue weighted by Crippen LogP contribution is 2.20. The normalized spacial score (nSPS) is 21.4. The van der Waals surface area contributed by atoms with Gasteiger partial charge in [0, 0.05) is 6.04 Å².